The average molecular weight is 1840 g/mol. The van der Waals surface area contributed by atoms with Crippen LogP contribution in [0.5, 0.6) is 0 Å². The molecule has 6 aliphatic rings. The molecule has 13 rings (SSSR count). The number of hydrogen-bond donors (Lipinski definition) is 8. The van der Waals surface area contributed by atoms with Crippen molar-refractivity contribution >= 4 is 34.2 Å². The minimum atomic E-state index is 0. The Balaban J connectivity index is -0.000000211. The van der Waals surface area contributed by atoms with Gasteiger partial charge in [0.2, 0.25) is 0 Å². The third-order valence-electron chi connectivity index (χ3n) is 22.8. The predicted octanol–water partition coefficient (Wildman–Crippen LogP) is 31.1. The van der Waals surface area contributed by atoms with Gasteiger partial charge in [0.25, 0.3) is 0 Å². The number of aryl methyl sites for hydroxylation is 1. The van der Waals surface area contributed by atoms with E-state index in [-0.39, 0.29) is 14.9 Å². The zero-order chi connectivity index (χ0) is 101. The molecule has 133 heavy (non-hydrogen) atoms. The van der Waals surface area contributed by atoms with Gasteiger partial charge < -0.3 is 61.9 Å². The maximum Gasteiger partial charge on any atom is 0.174 e. The molecule has 5 heterocycles. The number of tetrazole rings is 1. The number of aromatic amines is 1. The molecule has 4 aliphatic heterocycles. The Labute approximate surface area is 824 Å². The van der Waals surface area contributed by atoms with E-state index in [9.17, 15) is 0 Å². The molecule has 6 aromatic carbocycles. The van der Waals surface area contributed by atoms with Crippen molar-refractivity contribution in [1.29, 1.82) is 10.8 Å². The van der Waals surface area contributed by atoms with Crippen molar-refractivity contribution in [3.8, 4) is 0 Å². The molecule has 0 fully saturated rings. The van der Waals surface area contributed by atoms with Gasteiger partial charge in [-0.05, 0) is 366 Å². The predicted molar refractivity (Wildman–Crippen MR) is 607 cm³/mol. The standard InChI is InChI=1S/2C12H14.4C11H13N.5C5H13N.2C4H9N.C3H6N4.C3H9N.4C2H6.2CH4/c2*1-9-7-11-5-3-4-6-12(11)8-10(9)2;4*1-8-7-10-5-3-4-6-11(10)12-9(8)2;5*1-4-6(3)5-2;2*1-3-4(2)5;1-2-3-4-6-7-5-3;1-3-4-2;4*1-2;;/h2*3-6H,7-8H2,1-2H3;4*3-6,12H,7H2,1-2H3;5*4-5H2,1-3H3;2*5H,3H2,1-2H3;2H2,1H3,(H,4,5,6,7);4H,3H2,1-2H3;4*1-2H3;2*1H4. The first-order chi connectivity index (χ1) is 62.6. The van der Waals surface area contributed by atoms with Crippen LogP contribution in [0, 0.1) is 10.8 Å². The molecular formula is C117H210N16. The van der Waals surface area contributed by atoms with E-state index >= 15 is 0 Å². The van der Waals surface area contributed by atoms with Gasteiger partial charge in [-0.3, -0.25) is 0 Å². The van der Waals surface area contributed by atoms with Crippen molar-refractivity contribution in [2.45, 2.75) is 335 Å². The molecule has 0 amide bonds. The number of benzene rings is 6. The Hall–Kier alpha value is -8.87. The molecule has 0 spiro atoms. The maximum atomic E-state index is 6.74. The zero-order valence-corrected chi connectivity index (χ0v) is 92.5. The second-order valence-electron chi connectivity index (χ2n) is 32.4. The van der Waals surface area contributed by atoms with E-state index in [1.807, 2.05) is 83.2 Å². The number of nitrogens with one attached hydrogen (secondary N) is 8. The highest BCUT2D eigenvalue weighted by Gasteiger charge is 2.16. The van der Waals surface area contributed by atoms with E-state index in [1.165, 1.54) is 112 Å². The molecular weight excluding hydrogens is 1630 g/mol. The molecule has 0 atom stereocenters. The lowest BCUT2D eigenvalue weighted by atomic mass is 9.88. The average Bonchev–Trinajstić information content (AvgIpc) is 1.42. The highest BCUT2D eigenvalue weighted by Crippen LogP contribution is 2.31. The molecule has 0 saturated carbocycles. The number of fused-ring (bicyclic) bond motifs is 6. The quantitative estimate of drug-likeness (QED) is 0.0381. The smallest absolute Gasteiger partial charge is 0.174 e. The number of allylic oxidation sites excluding steroid dienone is 12. The van der Waals surface area contributed by atoms with Crippen LogP contribution in [-0.4, -0.2) is 171 Å². The number of para-hydroxylation sites is 4. The van der Waals surface area contributed by atoms with Crippen LogP contribution in [0.1, 0.15) is 327 Å². The summed E-state index contributed by atoms with van der Waals surface area (Å²) in [7, 11) is 12.5. The Bertz CT molecular complexity index is 3360. The van der Waals surface area contributed by atoms with Crippen molar-refractivity contribution in [1.82, 2.24) is 50.4 Å². The summed E-state index contributed by atoms with van der Waals surface area (Å²) >= 11 is 0. The van der Waals surface area contributed by atoms with Gasteiger partial charge >= 0.3 is 0 Å². The van der Waals surface area contributed by atoms with Crippen molar-refractivity contribution in [2.75, 3.05) is 136 Å². The van der Waals surface area contributed by atoms with E-state index in [4.69, 9.17) is 10.8 Å². The van der Waals surface area contributed by atoms with Gasteiger partial charge in [0, 0.05) is 63.4 Å². The lowest BCUT2D eigenvalue weighted by molar-refractivity contribution is 0.373. The van der Waals surface area contributed by atoms with Crippen LogP contribution in [0.4, 0.5) is 22.7 Å². The summed E-state index contributed by atoms with van der Waals surface area (Å²) in [5.74, 6) is 0.764. The Kier molecular flexibility index (Phi) is 95.4. The summed E-state index contributed by atoms with van der Waals surface area (Å²) in [4.78, 5) is 11.2. The Morgan fingerprint density at radius 1 is 0.293 bits per heavy atom. The normalized spacial score (nSPS) is 12.2. The van der Waals surface area contributed by atoms with Crippen LogP contribution in [0.25, 0.3) is 0 Å². The second kappa shape index (κ2) is 90.9. The first-order valence-corrected chi connectivity index (χ1v) is 49.9. The first-order valence-electron chi connectivity index (χ1n) is 49.9. The SMILES string of the molecule is C.C.CC.CC.CC.CC.CC1=C(C)Cc2ccccc2C1.CC1=C(C)Cc2ccccc2C1.CC1=C(C)Nc2ccccc2C1.CC1=C(C)Nc2ccccc2C1.CC1=C(C)Nc2ccccc2C1.CC1=C(C)Nc2ccccc2C1.CCC(C)=N.CCC(C)=N.CCN(C)CC.CCN(C)CC.CCN(C)CC.CCN(C)CC.CCN(C)CC.CCNC.CCc1nn[nH]n1. The van der Waals surface area contributed by atoms with Gasteiger partial charge in [-0.25, -0.2) is 0 Å². The van der Waals surface area contributed by atoms with Gasteiger partial charge in [0.05, 0.1) is 0 Å². The molecule has 2 aliphatic carbocycles. The third kappa shape index (κ3) is 67.9. The number of hydrogen-bond acceptors (Lipinski definition) is 15. The topological polar surface area (TPSA) is 179 Å². The molecule has 0 saturated heterocycles. The molecule has 0 bridgehead atoms. The van der Waals surface area contributed by atoms with E-state index in [1.54, 1.807) is 36.1 Å². The lowest BCUT2D eigenvalue weighted by Crippen LogP contribution is -2.15. The number of nitrogens with zero attached hydrogens (tertiary/aromatic N) is 8. The van der Waals surface area contributed by atoms with E-state index < -0.39 is 0 Å². The molecule has 16 heteroatoms. The number of anilines is 4. The molecule has 16 nitrogen and oxygen atoms in total. The van der Waals surface area contributed by atoms with Crippen molar-refractivity contribution in [3.63, 3.8) is 0 Å². The summed E-state index contributed by atoms with van der Waals surface area (Å²) < 4.78 is 0. The van der Waals surface area contributed by atoms with Crippen LogP contribution >= 0.6 is 0 Å². The van der Waals surface area contributed by atoms with Crippen LogP contribution in [0.2, 0.25) is 0 Å². The molecule has 8 N–H and O–H groups in total. The summed E-state index contributed by atoms with van der Waals surface area (Å²) in [6, 6.07) is 51.4. The second-order valence-corrected chi connectivity index (χ2v) is 32.4. The van der Waals surface area contributed by atoms with Crippen molar-refractivity contribution in [3.05, 3.63) is 263 Å². The largest absolute Gasteiger partial charge is 0.359 e. The van der Waals surface area contributed by atoms with Crippen LogP contribution in [0.3, 0.4) is 0 Å². The van der Waals surface area contributed by atoms with Gasteiger partial charge in [0.1, 0.15) is 0 Å². The molecule has 758 valence electrons. The van der Waals surface area contributed by atoms with E-state index in [0.29, 0.717) is 0 Å². The fourth-order valence-electron chi connectivity index (χ4n) is 11.1. The molecule has 7 aromatic rings. The van der Waals surface area contributed by atoms with Crippen molar-refractivity contribution < 1.29 is 0 Å². The van der Waals surface area contributed by atoms with Crippen LogP contribution in [-0.2, 0) is 57.8 Å². The lowest BCUT2D eigenvalue weighted by Gasteiger charge is -2.20. The first kappa shape index (κ1) is 140. The van der Waals surface area contributed by atoms with E-state index in [0.717, 1.165) is 160 Å². The van der Waals surface area contributed by atoms with Gasteiger partial charge in [-0.2, -0.15) is 5.21 Å². The van der Waals surface area contributed by atoms with Gasteiger partial charge in [0.15, 0.2) is 5.82 Å². The van der Waals surface area contributed by atoms with Gasteiger partial charge in [-0.1, -0.05) is 316 Å². The minimum absolute atomic E-state index is 0. The summed E-state index contributed by atoms with van der Waals surface area (Å²) in [5, 5.41) is 43.1. The molecule has 0 radical (unpaired) electrons. The fraction of sp³-hybridized carbons (Fsp3) is 0.564. The van der Waals surface area contributed by atoms with Crippen LogP contribution < -0.4 is 26.6 Å². The van der Waals surface area contributed by atoms with Crippen LogP contribution in [0.15, 0.2) is 213 Å². The zero-order valence-electron chi connectivity index (χ0n) is 92.5. The maximum absolute atomic E-state index is 6.74. The monoisotopic (exact) mass is 1840 g/mol. The summed E-state index contributed by atoms with van der Waals surface area (Å²) in [5.41, 5.74) is 35.4. The number of H-pyrrole nitrogens is 1. The van der Waals surface area contributed by atoms with Gasteiger partial charge in [-0.15, -0.1) is 10.2 Å². The highest BCUT2D eigenvalue weighted by molar-refractivity contribution is 5.78. The summed E-state index contributed by atoms with van der Waals surface area (Å²) in [6.45, 7) is 88.1. The number of rotatable bonds is 14. The highest BCUT2D eigenvalue weighted by atomic mass is 15.5. The van der Waals surface area contributed by atoms with Crippen molar-refractivity contribution in [2.24, 2.45) is 0 Å². The third-order valence-corrected chi connectivity index (χ3v) is 22.8. The summed E-state index contributed by atoms with van der Waals surface area (Å²) in [6.07, 6.45) is 11.6. The Morgan fingerprint density at radius 3 is 0.571 bits per heavy atom. The molecule has 0 unspecified atom stereocenters. The Morgan fingerprint density at radius 2 is 0.451 bits per heavy atom. The fourth-order valence-corrected chi connectivity index (χ4v) is 11.1. The number of aromatic nitrogens is 4. The molecule has 1 aromatic heterocycles. The minimum Gasteiger partial charge on any atom is -0.359 e. The van der Waals surface area contributed by atoms with E-state index in [2.05, 4.69) is 412 Å².